The lowest BCUT2D eigenvalue weighted by molar-refractivity contribution is 0.404. The van der Waals surface area contributed by atoms with E-state index in [9.17, 15) is 8.42 Å². The van der Waals surface area contributed by atoms with Crippen LogP contribution in [0, 0.1) is 0 Å². The van der Waals surface area contributed by atoms with Crippen molar-refractivity contribution in [3.63, 3.8) is 0 Å². The van der Waals surface area contributed by atoms with Gasteiger partial charge in [-0.2, -0.15) is 0 Å². The van der Waals surface area contributed by atoms with E-state index in [1.807, 2.05) is 6.26 Å². The van der Waals surface area contributed by atoms with Crippen LogP contribution in [-0.4, -0.2) is 35.4 Å². The highest BCUT2D eigenvalue weighted by atomic mass is 32.2. The van der Waals surface area contributed by atoms with Crippen LogP contribution in [0.25, 0.3) is 0 Å². The average Bonchev–Trinajstić information content (AvgIpc) is 2.62. The largest absolute Gasteiger partial charge is 0.497 e. The summed E-state index contributed by atoms with van der Waals surface area (Å²) in [7, 11) is -0.646. The van der Waals surface area contributed by atoms with Crippen molar-refractivity contribution in [3.8, 4) is 11.5 Å². The van der Waals surface area contributed by atoms with E-state index in [2.05, 4.69) is 0 Å². The molecule has 0 saturated carbocycles. The third kappa shape index (κ3) is 3.62. The van der Waals surface area contributed by atoms with Gasteiger partial charge in [0.05, 0.1) is 24.8 Å². The zero-order valence-electron chi connectivity index (χ0n) is 14.1. The highest BCUT2D eigenvalue weighted by Crippen LogP contribution is 2.35. The SMILES string of the molecule is CCN(c1cc(OC)ccc1OC)S(=O)(=O)c1ccc(SC)cc1. The Morgan fingerprint density at radius 3 is 2.21 bits per heavy atom. The summed E-state index contributed by atoms with van der Waals surface area (Å²) in [4.78, 5) is 1.25. The molecule has 0 saturated heterocycles. The van der Waals surface area contributed by atoms with E-state index in [4.69, 9.17) is 9.47 Å². The summed E-state index contributed by atoms with van der Waals surface area (Å²) < 4.78 is 38.0. The molecule has 2 aromatic rings. The Kier molecular flexibility index (Phi) is 6.01. The van der Waals surface area contributed by atoms with E-state index >= 15 is 0 Å². The number of rotatable bonds is 7. The van der Waals surface area contributed by atoms with Gasteiger partial charge in [0.2, 0.25) is 0 Å². The highest BCUT2D eigenvalue weighted by Gasteiger charge is 2.26. The Bertz CT molecular complexity index is 789. The fraction of sp³-hybridized carbons (Fsp3) is 0.294. The van der Waals surface area contributed by atoms with Crippen LogP contribution in [0.15, 0.2) is 52.3 Å². The minimum Gasteiger partial charge on any atom is -0.497 e. The van der Waals surface area contributed by atoms with E-state index in [1.54, 1.807) is 61.2 Å². The number of methoxy groups -OCH3 is 2. The number of ether oxygens (including phenoxy) is 2. The maximum absolute atomic E-state index is 13.1. The van der Waals surface area contributed by atoms with Gasteiger partial charge in [0, 0.05) is 17.5 Å². The molecule has 0 aliphatic heterocycles. The molecule has 0 N–H and O–H groups in total. The molecule has 0 spiro atoms. The van der Waals surface area contributed by atoms with Crippen molar-refractivity contribution in [2.24, 2.45) is 0 Å². The van der Waals surface area contributed by atoms with Gasteiger partial charge in [0.25, 0.3) is 10.0 Å². The summed E-state index contributed by atoms with van der Waals surface area (Å²) in [6.07, 6.45) is 1.95. The predicted molar refractivity (Wildman–Crippen MR) is 98.0 cm³/mol. The van der Waals surface area contributed by atoms with Gasteiger partial charge < -0.3 is 9.47 Å². The van der Waals surface area contributed by atoms with Crippen molar-refractivity contribution in [2.45, 2.75) is 16.7 Å². The van der Waals surface area contributed by atoms with E-state index in [1.165, 1.54) is 18.5 Å². The summed E-state index contributed by atoms with van der Waals surface area (Å²) in [6.45, 7) is 2.06. The Morgan fingerprint density at radius 1 is 1.04 bits per heavy atom. The molecule has 24 heavy (non-hydrogen) atoms. The first kappa shape index (κ1) is 18.5. The first-order chi connectivity index (χ1) is 11.5. The maximum atomic E-state index is 13.1. The molecule has 0 aliphatic carbocycles. The number of thioether (sulfide) groups is 1. The predicted octanol–water partition coefficient (Wildman–Crippen LogP) is 3.64. The number of anilines is 1. The second-order valence-electron chi connectivity index (χ2n) is 4.88. The number of hydrogen-bond donors (Lipinski definition) is 0. The second kappa shape index (κ2) is 7.81. The Labute approximate surface area is 147 Å². The van der Waals surface area contributed by atoms with Gasteiger partial charge in [-0.25, -0.2) is 8.42 Å². The zero-order valence-corrected chi connectivity index (χ0v) is 15.8. The molecule has 0 aliphatic rings. The molecular weight excluding hydrogens is 346 g/mol. The Morgan fingerprint density at radius 2 is 1.71 bits per heavy atom. The van der Waals surface area contributed by atoms with Gasteiger partial charge in [-0.3, -0.25) is 4.31 Å². The summed E-state index contributed by atoms with van der Waals surface area (Å²) in [5.74, 6) is 1.04. The van der Waals surface area contributed by atoms with E-state index in [0.29, 0.717) is 17.2 Å². The van der Waals surface area contributed by atoms with E-state index in [0.717, 1.165) is 4.90 Å². The van der Waals surface area contributed by atoms with Crippen molar-refractivity contribution in [1.82, 2.24) is 0 Å². The van der Waals surface area contributed by atoms with Gasteiger partial charge in [-0.1, -0.05) is 0 Å². The minimum atomic E-state index is -3.70. The molecular formula is C17H21NO4S2. The van der Waals surface area contributed by atoms with Crippen LogP contribution in [0.3, 0.4) is 0 Å². The third-order valence-corrected chi connectivity index (χ3v) is 6.24. The quantitative estimate of drug-likeness (QED) is 0.699. The second-order valence-corrected chi connectivity index (χ2v) is 7.63. The molecule has 0 aromatic heterocycles. The minimum absolute atomic E-state index is 0.243. The fourth-order valence-corrected chi connectivity index (χ4v) is 4.22. The van der Waals surface area contributed by atoms with Crippen molar-refractivity contribution < 1.29 is 17.9 Å². The highest BCUT2D eigenvalue weighted by molar-refractivity contribution is 7.98. The normalized spacial score (nSPS) is 11.2. The summed E-state index contributed by atoms with van der Waals surface area (Å²) >= 11 is 1.56. The van der Waals surface area contributed by atoms with Gasteiger partial charge in [0.15, 0.2) is 0 Å². The molecule has 0 radical (unpaired) electrons. The Hall–Kier alpha value is -1.86. The lowest BCUT2D eigenvalue weighted by Gasteiger charge is -2.25. The molecule has 7 heteroatoms. The molecule has 5 nitrogen and oxygen atoms in total. The average molecular weight is 367 g/mol. The number of hydrogen-bond acceptors (Lipinski definition) is 5. The lowest BCUT2D eigenvalue weighted by Crippen LogP contribution is -2.31. The first-order valence-electron chi connectivity index (χ1n) is 7.36. The van der Waals surface area contributed by atoms with Crippen molar-refractivity contribution >= 4 is 27.5 Å². The van der Waals surface area contributed by atoms with Crippen LogP contribution >= 0.6 is 11.8 Å². The number of sulfonamides is 1. The zero-order chi connectivity index (χ0) is 17.7. The van der Waals surface area contributed by atoms with Crippen molar-refractivity contribution in [3.05, 3.63) is 42.5 Å². The van der Waals surface area contributed by atoms with Gasteiger partial charge in [-0.05, 0) is 49.6 Å². The van der Waals surface area contributed by atoms with Gasteiger partial charge in [0.1, 0.15) is 11.5 Å². The van der Waals surface area contributed by atoms with Gasteiger partial charge in [-0.15, -0.1) is 11.8 Å². The van der Waals surface area contributed by atoms with Crippen molar-refractivity contribution in [2.75, 3.05) is 31.3 Å². The molecule has 0 fully saturated rings. The fourth-order valence-electron chi connectivity index (χ4n) is 2.34. The maximum Gasteiger partial charge on any atom is 0.264 e. The smallest absolute Gasteiger partial charge is 0.264 e. The number of nitrogens with zero attached hydrogens (tertiary/aromatic N) is 1. The van der Waals surface area contributed by atoms with Crippen LogP contribution < -0.4 is 13.8 Å². The van der Waals surface area contributed by atoms with Crippen LogP contribution in [0.5, 0.6) is 11.5 Å². The Balaban J connectivity index is 2.53. The molecule has 0 bridgehead atoms. The van der Waals surface area contributed by atoms with Crippen molar-refractivity contribution in [1.29, 1.82) is 0 Å². The van der Waals surface area contributed by atoms with Crippen LogP contribution in [-0.2, 0) is 10.0 Å². The molecule has 2 rings (SSSR count). The lowest BCUT2D eigenvalue weighted by atomic mass is 10.2. The summed E-state index contributed by atoms with van der Waals surface area (Å²) in [5, 5.41) is 0. The van der Waals surface area contributed by atoms with Crippen LogP contribution in [0.2, 0.25) is 0 Å². The standard InChI is InChI=1S/C17H21NO4S2/c1-5-18(16-12-13(21-2)6-11-17(16)22-3)24(19,20)15-9-7-14(23-4)8-10-15/h6-12H,5H2,1-4H3. The molecule has 130 valence electrons. The topological polar surface area (TPSA) is 55.8 Å². The van der Waals surface area contributed by atoms with Crippen LogP contribution in [0.4, 0.5) is 5.69 Å². The third-order valence-electron chi connectivity index (χ3n) is 3.59. The summed E-state index contributed by atoms with van der Waals surface area (Å²) in [6, 6.07) is 11.9. The van der Waals surface area contributed by atoms with E-state index < -0.39 is 10.0 Å². The summed E-state index contributed by atoms with van der Waals surface area (Å²) in [5.41, 5.74) is 0.452. The molecule has 0 atom stereocenters. The molecule has 2 aromatic carbocycles. The molecule has 0 unspecified atom stereocenters. The monoisotopic (exact) mass is 367 g/mol. The van der Waals surface area contributed by atoms with Gasteiger partial charge >= 0.3 is 0 Å². The number of benzene rings is 2. The van der Waals surface area contributed by atoms with E-state index in [-0.39, 0.29) is 11.4 Å². The van der Waals surface area contributed by atoms with Crippen LogP contribution in [0.1, 0.15) is 6.92 Å². The molecule has 0 amide bonds. The molecule has 0 heterocycles. The first-order valence-corrected chi connectivity index (χ1v) is 10.0.